The minimum Gasteiger partial charge on any atom is -0.374 e. The van der Waals surface area contributed by atoms with E-state index in [1.807, 2.05) is 30.5 Å². The van der Waals surface area contributed by atoms with Crippen LogP contribution in [0.4, 0.5) is 0 Å². The topological polar surface area (TPSA) is 50.3 Å². The van der Waals surface area contributed by atoms with Gasteiger partial charge < -0.3 is 15.0 Å². The summed E-state index contributed by atoms with van der Waals surface area (Å²) in [6.45, 7) is 4.39. The Balaban J connectivity index is 1.54. The summed E-state index contributed by atoms with van der Waals surface area (Å²) in [4.78, 5) is 11.3. The molecular weight excluding hydrogens is 252 g/mol. The summed E-state index contributed by atoms with van der Waals surface area (Å²) in [6, 6.07) is 7.93. The highest BCUT2D eigenvalue weighted by atomic mass is 16.5. The van der Waals surface area contributed by atoms with Crippen molar-refractivity contribution in [1.82, 2.24) is 20.2 Å². The summed E-state index contributed by atoms with van der Waals surface area (Å²) < 4.78 is 5.72. The Hall–Kier alpha value is -1.56. The van der Waals surface area contributed by atoms with Crippen LogP contribution in [0, 0.1) is 0 Å². The largest absolute Gasteiger partial charge is 0.374 e. The van der Waals surface area contributed by atoms with Gasteiger partial charge in [0, 0.05) is 26.2 Å². The van der Waals surface area contributed by atoms with Gasteiger partial charge in [-0.05, 0) is 19.2 Å². The number of hydrogen-bond donors (Lipinski definition) is 1. The minimum absolute atomic E-state index is 0.266. The van der Waals surface area contributed by atoms with Crippen LogP contribution in [0.25, 0.3) is 11.0 Å². The maximum atomic E-state index is 5.72. The predicted molar refractivity (Wildman–Crippen MR) is 78.5 cm³/mol. The Morgan fingerprint density at radius 2 is 2.20 bits per heavy atom. The number of fused-ring (bicyclic) bond motifs is 1. The second-order valence-corrected chi connectivity index (χ2v) is 5.24. The van der Waals surface area contributed by atoms with Crippen molar-refractivity contribution in [3.63, 3.8) is 0 Å². The fraction of sp³-hybridized carbons (Fsp3) is 0.467. The molecule has 0 spiro atoms. The summed E-state index contributed by atoms with van der Waals surface area (Å²) in [5.41, 5.74) is 2.85. The van der Waals surface area contributed by atoms with Crippen LogP contribution in [-0.2, 0) is 11.3 Å². The van der Waals surface area contributed by atoms with Gasteiger partial charge in [-0.15, -0.1) is 0 Å². The summed E-state index contributed by atoms with van der Waals surface area (Å²) in [5.74, 6) is 0. The molecule has 3 rings (SSSR count). The van der Waals surface area contributed by atoms with Crippen molar-refractivity contribution in [2.75, 3.05) is 33.3 Å². The third-order valence-electron chi connectivity index (χ3n) is 3.52. The minimum atomic E-state index is 0.266. The molecule has 0 radical (unpaired) electrons. The monoisotopic (exact) mass is 272 g/mol. The fourth-order valence-electron chi connectivity index (χ4n) is 2.43. The Kier molecular flexibility index (Phi) is 4.20. The number of aromatic nitrogens is 2. The Morgan fingerprint density at radius 1 is 1.35 bits per heavy atom. The molecule has 106 valence electrons. The van der Waals surface area contributed by atoms with E-state index in [2.05, 4.69) is 27.2 Å². The zero-order valence-electron chi connectivity index (χ0n) is 11.7. The molecule has 0 amide bonds. The number of ether oxygens (including phenoxy) is 1. The van der Waals surface area contributed by atoms with E-state index < -0.39 is 0 Å². The normalized spacial score (nSPS) is 20.4. The summed E-state index contributed by atoms with van der Waals surface area (Å²) in [5, 5.41) is 3.40. The van der Waals surface area contributed by atoms with Crippen molar-refractivity contribution in [2.24, 2.45) is 0 Å². The molecule has 0 saturated carbocycles. The summed E-state index contributed by atoms with van der Waals surface area (Å²) >= 11 is 0. The molecule has 1 saturated heterocycles. The number of nitrogens with zero attached hydrogens (tertiary/aromatic N) is 3. The molecule has 1 N–H and O–H groups in total. The molecule has 1 aliphatic heterocycles. The van der Waals surface area contributed by atoms with Gasteiger partial charge in [-0.25, -0.2) is 4.98 Å². The highest BCUT2D eigenvalue weighted by molar-refractivity contribution is 5.73. The molecular formula is C15H20N4O. The number of hydrogen-bond acceptors (Lipinski definition) is 5. The second kappa shape index (κ2) is 6.26. The molecule has 2 aromatic rings. The summed E-state index contributed by atoms with van der Waals surface area (Å²) in [7, 11) is 2.13. The Bertz CT molecular complexity index is 575. The highest BCUT2D eigenvalue weighted by Crippen LogP contribution is 2.08. The van der Waals surface area contributed by atoms with Crippen LogP contribution in [0.1, 0.15) is 5.69 Å². The molecule has 5 heteroatoms. The van der Waals surface area contributed by atoms with E-state index in [1.165, 1.54) is 0 Å². The van der Waals surface area contributed by atoms with E-state index in [-0.39, 0.29) is 6.10 Å². The lowest BCUT2D eigenvalue weighted by atomic mass is 10.2. The highest BCUT2D eigenvalue weighted by Gasteiger charge is 2.16. The molecule has 1 unspecified atom stereocenters. The molecule has 0 aliphatic carbocycles. The smallest absolute Gasteiger partial charge is 0.0890 e. The lowest BCUT2D eigenvalue weighted by Gasteiger charge is -2.30. The van der Waals surface area contributed by atoms with Gasteiger partial charge in [0.25, 0.3) is 0 Å². The molecule has 5 nitrogen and oxygen atoms in total. The van der Waals surface area contributed by atoms with Gasteiger partial charge in [0.05, 0.1) is 35.6 Å². The van der Waals surface area contributed by atoms with Crippen molar-refractivity contribution in [1.29, 1.82) is 0 Å². The van der Waals surface area contributed by atoms with E-state index in [1.54, 1.807) is 0 Å². The van der Waals surface area contributed by atoms with E-state index in [4.69, 9.17) is 4.74 Å². The first kappa shape index (κ1) is 13.4. The van der Waals surface area contributed by atoms with Crippen LogP contribution < -0.4 is 5.32 Å². The number of benzene rings is 1. The third kappa shape index (κ3) is 3.30. The van der Waals surface area contributed by atoms with E-state index >= 15 is 0 Å². The van der Waals surface area contributed by atoms with Gasteiger partial charge in [0.15, 0.2) is 0 Å². The van der Waals surface area contributed by atoms with E-state index in [0.29, 0.717) is 0 Å². The lowest BCUT2D eigenvalue weighted by molar-refractivity contribution is -0.0182. The molecule has 0 bridgehead atoms. The molecule has 1 aliphatic rings. The average Bonchev–Trinajstić information content (AvgIpc) is 2.47. The van der Waals surface area contributed by atoms with Gasteiger partial charge in [0.2, 0.25) is 0 Å². The molecule has 1 aromatic heterocycles. The van der Waals surface area contributed by atoms with Gasteiger partial charge in [-0.1, -0.05) is 12.1 Å². The maximum absolute atomic E-state index is 5.72. The number of rotatable bonds is 4. The maximum Gasteiger partial charge on any atom is 0.0890 e. The van der Waals surface area contributed by atoms with Crippen molar-refractivity contribution >= 4 is 11.0 Å². The quantitative estimate of drug-likeness (QED) is 0.901. The molecule has 1 fully saturated rings. The van der Waals surface area contributed by atoms with Gasteiger partial charge in [0.1, 0.15) is 0 Å². The number of para-hydroxylation sites is 2. The van der Waals surface area contributed by atoms with Crippen LogP contribution in [0.2, 0.25) is 0 Å². The fourth-order valence-corrected chi connectivity index (χ4v) is 2.43. The first-order chi connectivity index (χ1) is 9.81. The van der Waals surface area contributed by atoms with Gasteiger partial charge >= 0.3 is 0 Å². The Morgan fingerprint density at radius 3 is 3.05 bits per heavy atom. The van der Waals surface area contributed by atoms with E-state index in [0.717, 1.165) is 49.5 Å². The van der Waals surface area contributed by atoms with Crippen LogP contribution in [0.5, 0.6) is 0 Å². The van der Waals surface area contributed by atoms with Crippen molar-refractivity contribution in [3.05, 3.63) is 36.2 Å². The van der Waals surface area contributed by atoms with Crippen LogP contribution in [0.3, 0.4) is 0 Å². The van der Waals surface area contributed by atoms with Crippen molar-refractivity contribution < 1.29 is 4.74 Å². The van der Waals surface area contributed by atoms with Crippen LogP contribution in [-0.4, -0.2) is 54.3 Å². The Labute approximate surface area is 119 Å². The predicted octanol–water partition coefficient (Wildman–Crippen LogP) is 1.05. The van der Waals surface area contributed by atoms with Gasteiger partial charge in [-0.3, -0.25) is 4.98 Å². The number of nitrogens with one attached hydrogen (secondary N) is 1. The molecule has 2 heterocycles. The number of morpholine rings is 1. The molecule has 1 aromatic carbocycles. The zero-order valence-corrected chi connectivity index (χ0v) is 11.7. The second-order valence-electron chi connectivity index (χ2n) is 5.24. The average molecular weight is 272 g/mol. The van der Waals surface area contributed by atoms with Crippen molar-refractivity contribution in [3.8, 4) is 0 Å². The molecule has 1 atom stereocenters. The number of likely N-dealkylation sites (N-methyl/N-ethyl adjacent to an activating group) is 1. The van der Waals surface area contributed by atoms with Gasteiger partial charge in [-0.2, -0.15) is 0 Å². The van der Waals surface area contributed by atoms with Crippen LogP contribution in [0.15, 0.2) is 30.5 Å². The van der Waals surface area contributed by atoms with E-state index in [9.17, 15) is 0 Å². The van der Waals surface area contributed by atoms with Crippen LogP contribution >= 0.6 is 0 Å². The SMILES string of the molecule is CN1CCOC(CNCc2cnc3ccccc3n2)C1. The van der Waals surface area contributed by atoms with Crippen molar-refractivity contribution in [2.45, 2.75) is 12.6 Å². The zero-order chi connectivity index (χ0) is 13.8. The first-order valence-electron chi connectivity index (χ1n) is 7.03. The third-order valence-corrected chi connectivity index (χ3v) is 3.52. The summed E-state index contributed by atoms with van der Waals surface area (Å²) in [6.07, 6.45) is 2.10. The molecule has 20 heavy (non-hydrogen) atoms. The first-order valence-corrected chi connectivity index (χ1v) is 7.03. The standard InChI is InChI=1S/C15H20N4O/c1-19-6-7-20-13(11-19)10-16-8-12-9-17-14-4-2-3-5-15(14)18-12/h2-5,9,13,16H,6-8,10-11H2,1H3. The lowest BCUT2D eigenvalue weighted by Crippen LogP contribution is -2.44.